The summed E-state index contributed by atoms with van der Waals surface area (Å²) in [6.07, 6.45) is 3.97. The van der Waals surface area contributed by atoms with Crippen molar-refractivity contribution in [3.63, 3.8) is 0 Å². The molecule has 20 heavy (non-hydrogen) atoms. The van der Waals surface area contributed by atoms with Crippen LogP contribution in [-0.4, -0.2) is 33.5 Å². The van der Waals surface area contributed by atoms with Gasteiger partial charge >= 0.3 is 0 Å². The summed E-state index contributed by atoms with van der Waals surface area (Å²) in [5.41, 5.74) is 6.03. The van der Waals surface area contributed by atoms with Gasteiger partial charge in [-0.15, -0.1) is 16.4 Å². The number of hydrogen-bond donors (Lipinski definition) is 2. The van der Waals surface area contributed by atoms with Gasteiger partial charge in [-0.3, -0.25) is 4.79 Å². The van der Waals surface area contributed by atoms with E-state index in [-0.39, 0.29) is 11.9 Å². The lowest BCUT2D eigenvalue weighted by molar-refractivity contribution is 0.0928. The van der Waals surface area contributed by atoms with Crippen LogP contribution in [0.4, 0.5) is 0 Å². The first-order chi connectivity index (χ1) is 9.76. The zero-order chi connectivity index (χ0) is 13.9. The fraction of sp³-hybridized carbons (Fsp3) is 0.462. The molecule has 1 fully saturated rings. The number of thiophene rings is 1. The fourth-order valence-corrected chi connectivity index (χ4v) is 2.85. The molecule has 0 saturated heterocycles. The molecule has 2 heterocycles. The molecule has 7 heteroatoms. The smallest absolute Gasteiger partial charge is 0.273 e. The molecule has 106 valence electrons. The van der Waals surface area contributed by atoms with Crippen LogP contribution in [0.5, 0.6) is 0 Å². The molecule has 0 aliphatic heterocycles. The number of nitrogens with zero attached hydrogens (tertiary/aromatic N) is 3. The normalized spacial score (nSPS) is 16.1. The van der Waals surface area contributed by atoms with Gasteiger partial charge in [0.1, 0.15) is 0 Å². The lowest BCUT2D eigenvalue weighted by Crippen LogP contribution is -2.41. The van der Waals surface area contributed by atoms with E-state index >= 15 is 0 Å². The van der Waals surface area contributed by atoms with Crippen LogP contribution in [0.2, 0.25) is 0 Å². The van der Waals surface area contributed by atoms with Crippen molar-refractivity contribution in [1.29, 1.82) is 0 Å². The highest BCUT2D eigenvalue weighted by Gasteiger charge is 2.31. The number of amides is 1. The summed E-state index contributed by atoms with van der Waals surface area (Å²) >= 11 is 1.66. The molecule has 0 bridgehead atoms. The molecule has 1 saturated carbocycles. The van der Waals surface area contributed by atoms with Gasteiger partial charge in [-0.25, -0.2) is 4.68 Å². The van der Waals surface area contributed by atoms with Crippen LogP contribution in [-0.2, 0) is 6.54 Å². The second-order valence-corrected chi connectivity index (χ2v) is 6.07. The van der Waals surface area contributed by atoms with Crippen LogP contribution in [0.15, 0.2) is 23.7 Å². The monoisotopic (exact) mass is 291 g/mol. The number of aromatic nitrogens is 3. The molecule has 0 radical (unpaired) electrons. The quantitative estimate of drug-likeness (QED) is 0.826. The van der Waals surface area contributed by atoms with Crippen LogP contribution in [0.25, 0.3) is 0 Å². The van der Waals surface area contributed by atoms with Crippen molar-refractivity contribution in [2.45, 2.75) is 25.4 Å². The molecular formula is C13H17N5OS. The van der Waals surface area contributed by atoms with Gasteiger partial charge in [0.05, 0.1) is 12.7 Å². The van der Waals surface area contributed by atoms with Gasteiger partial charge in [0.15, 0.2) is 5.69 Å². The van der Waals surface area contributed by atoms with Gasteiger partial charge in [-0.1, -0.05) is 11.3 Å². The zero-order valence-electron chi connectivity index (χ0n) is 11.0. The van der Waals surface area contributed by atoms with Crippen LogP contribution < -0.4 is 11.1 Å². The van der Waals surface area contributed by atoms with E-state index in [1.807, 2.05) is 17.5 Å². The molecule has 2 aromatic heterocycles. The van der Waals surface area contributed by atoms with E-state index in [0.717, 1.165) is 12.8 Å². The van der Waals surface area contributed by atoms with Crippen LogP contribution in [0.3, 0.4) is 0 Å². The summed E-state index contributed by atoms with van der Waals surface area (Å²) in [6, 6.07) is 4.08. The van der Waals surface area contributed by atoms with E-state index in [2.05, 4.69) is 15.6 Å². The summed E-state index contributed by atoms with van der Waals surface area (Å²) in [5, 5.41) is 12.9. The third kappa shape index (κ3) is 3.05. The van der Waals surface area contributed by atoms with Crippen molar-refractivity contribution in [1.82, 2.24) is 20.3 Å². The van der Waals surface area contributed by atoms with Gasteiger partial charge in [0, 0.05) is 17.5 Å². The molecule has 1 aliphatic carbocycles. The minimum absolute atomic E-state index is 0.0601. The summed E-state index contributed by atoms with van der Waals surface area (Å²) in [6.45, 7) is 1.11. The molecule has 3 rings (SSSR count). The predicted molar refractivity (Wildman–Crippen MR) is 76.5 cm³/mol. The first-order valence-electron chi connectivity index (χ1n) is 6.69. The number of rotatable bonds is 6. The van der Waals surface area contributed by atoms with Gasteiger partial charge < -0.3 is 11.1 Å². The minimum Gasteiger partial charge on any atom is -0.346 e. The lowest BCUT2D eigenvalue weighted by atomic mass is 10.2. The Hall–Kier alpha value is -1.73. The number of hydrogen-bond acceptors (Lipinski definition) is 5. The summed E-state index contributed by atoms with van der Waals surface area (Å²) < 4.78 is 1.68. The lowest BCUT2D eigenvalue weighted by Gasteiger charge is -2.14. The molecule has 1 unspecified atom stereocenters. The second-order valence-electron chi connectivity index (χ2n) is 5.03. The maximum Gasteiger partial charge on any atom is 0.273 e. The van der Waals surface area contributed by atoms with E-state index in [4.69, 9.17) is 5.73 Å². The third-order valence-corrected chi connectivity index (χ3v) is 4.29. The van der Waals surface area contributed by atoms with Crippen molar-refractivity contribution < 1.29 is 4.79 Å². The van der Waals surface area contributed by atoms with Crippen molar-refractivity contribution in [3.05, 3.63) is 34.3 Å². The van der Waals surface area contributed by atoms with Crippen molar-refractivity contribution in [2.24, 2.45) is 11.7 Å². The Balaban J connectivity index is 1.62. The standard InChI is InChI=1S/C13H17N5OS/c14-6-11(9-3-4-9)15-13(19)12-8-18(17-16-12)7-10-2-1-5-20-10/h1-2,5,8-9,11H,3-4,6-7,14H2,(H,15,19). The predicted octanol–water partition coefficient (Wildman–Crippen LogP) is 0.855. The highest BCUT2D eigenvalue weighted by Crippen LogP contribution is 2.32. The van der Waals surface area contributed by atoms with Gasteiger partial charge in [0.25, 0.3) is 5.91 Å². The van der Waals surface area contributed by atoms with Gasteiger partial charge in [0.2, 0.25) is 0 Å². The Labute approximate surface area is 121 Å². The maximum atomic E-state index is 12.1. The largest absolute Gasteiger partial charge is 0.346 e. The Morgan fingerprint density at radius 2 is 2.45 bits per heavy atom. The van der Waals surface area contributed by atoms with Crippen LogP contribution >= 0.6 is 11.3 Å². The first kappa shape index (κ1) is 13.3. The summed E-state index contributed by atoms with van der Waals surface area (Å²) in [4.78, 5) is 13.3. The topological polar surface area (TPSA) is 85.8 Å². The molecule has 1 amide bonds. The SMILES string of the molecule is NCC(NC(=O)c1cn(Cc2cccs2)nn1)C1CC1. The Morgan fingerprint density at radius 3 is 3.10 bits per heavy atom. The number of nitrogens with one attached hydrogen (secondary N) is 1. The highest BCUT2D eigenvalue weighted by atomic mass is 32.1. The highest BCUT2D eigenvalue weighted by molar-refractivity contribution is 7.09. The molecule has 1 aliphatic rings. The average Bonchev–Trinajstić information content (AvgIpc) is 2.97. The summed E-state index contributed by atoms with van der Waals surface area (Å²) in [5.74, 6) is 0.342. The zero-order valence-corrected chi connectivity index (χ0v) is 11.8. The Morgan fingerprint density at radius 1 is 1.60 bits per heavy atom. The van der Waals surface area contributed by atoms with E-state index < -0.39 is 0 Å². The van der Waals surface area contributed by atoms with Gasteiger partial charge in [-0.05, 0) is 30.2 Å². The van der Waals surface area contributed by atoms with Crippen LogP contribution in [0.1, 0.15) is 28.2 Å². The molecule has 1 atom stereocenters. The number of carbonyl (C=O) groups is 1. The Bertz CT molecular complexity index is 575. The van der Waals surface area contributed by atoms with E-state index in [9.17, 15) is 4.79 Å². The average molecular weight is 291 g/mol. The molecule has 0 spiro atoms. The Kier molecular flexibility index (Phi) is 3.79. The minimum atomic E-state index is -0.190. The number of nitrogens with two attached hydrogens (primary N) is 1. The van der Waals surface area contributed by atoms with Crippen molar-refractivity contribution in [3.8, 4) is 0 Å². The second kappa shape index (κ2) is 5.72. The van der Waals surface area contributed by atoms with Crippen molar-refractivity contribution in [2.75, 3.05) is 6.54 Å². The first-order valence-corrected chi connectivity index (χ1v) is 7.57. The van der Waals surface area contributed by atoms with Gasteiger partial charge in [-0.2, -0.15) is 0 Å². The maximum absolute atomic E-state index is 12.1. The molecule has 2 aromatic rings. The number of carbonyl (C=O) groups excluding carboxylic acids is 1. The van der Waals surface area contributed by atoms with E-state index in [0.29, 0.717) is 24.7 Å². The van der Waals surface area contributed by atoms with Crippen LogP contribution in [0, 0.1) is 5.92 Å². The molecular weight excluding hydrogens is 274 g/mol. The van der Waals surface area contributed by atoms with E-state index in [1.165, 1.54) is 4.88 Å². The molecule has 6 nitrogen and oxygen atoms in total. The van der Waals surface area contributed by atoms with E-state index in [1.54, 1.807) is 22.2 Å². The summed E-state index contributed by atoms with van der Waals surface area (Å²) in [7, 11) is 0. The molecule has 0 aromatic carbocycles. The van der Waals surface area contributed by atoms with Crippen molar-refractivity contribution >= 4 is 17.2 Å². The fourth-order valence-electron chi connectivity index (χ4n) is 2.15. The molecule has 3 N–H and O–H groups in total. The third-order valence-electron chi connectivity index (χ3n) is 3.43.